The van der Waals surface area contributed by atoms with E-state index in [2.05, 4.69) is 10.2 Å². The molecule has 19 heavy (non-hydrogen) atoms. The van der Waals surface area contributed by atoms with E-state index in [0.717, 1.165) is 5.56 Å². The van der Waals surface area contributed by atoms with Crippen molar-refractivity contribution in [2.75, 3.05) is 25.5 Å². The summed E-state index contributed by atoms with van der Waals surface area (Å²) in [5.74, 6) is -1.22. The monoisotopic (exact) mass is 266 g/mol. The molecule has 0 aromatic heterocycles. The number of hydrogen-bond acceptors (Lipinski definition) is 3. The molecule has 2 rings (SSSR count). The molecule has 0 atom stereocenters. The molecule has 5 heteroatoms. The molecule has 4 nitrogen and oxygen atoms in total. The Kier molecular flexibility index (Phi) is 3.75. The average Bonchev–Trinajstić information content (AvgIpc) is 2.31. The molecule has 0 spiro atoms. The zero-order valence-corrected chi connectivity index (χ0v) is 11.2. The molecule has 0 radical (unpaired) electrons. The highest BCUT2D eigenvalue weighted by atomic mass is 19.1. The number of halogens is 1. The molecule has 104 valence electrons. The van der Waals surface area contributed by atoms with Gasteiger partial charge in [-0.15, -0.1) is 0 Å². The van der Waals surface area contributed by atoms with E-state index >= 15 is 0 Å². The van der Waals surface area contributed by atoms with Gasteiger partial charge in [0.1, 0.15) is 11.4 Å². The SMILES string of the molecule is Cc1cc(F)cc(NC2(C(=O)O)CCN(C)CC2)c1. The van der Waals surface area contributed by atoms with Crippen molar-refractivity contribution in [3.63, 3.8) is 0 Å². The predicted molar refractivity (Wildman–Crippen MR) is 71.9 cm³/mol. The number of carbonyl (C=O) groups is 1. The van der Waals surface area contributed by atoms with Gasteiger partial charge in [-0.1, -0.05) is 0 Å². The summed E-state index contributed by atoms with van der Waals surface area (Å²) in [6, 6.07) is 4.54. The molecule has 0 amide bonds. The van der Waals surface area contributed by atoms with Crippen molar-refractivity contribution in [1.29, 1.82) is 0 Å². The quantitative estimate of drug-likeness (QED) is 0.879. The molecule has 1 aromatic carbocycles. The standard InChI is InChI=1S/C14H19FN2O2/c1-10-7-11(15)9-12(8-10)16-14(13(18)19)3-5-17(2)6-4-14/h7-9,16H,3-6H2,1-2H3,(H,18,19). The van der Waals surface area contributed by atoms with Crippen LogP contribution in [-0.4, -0.2) is 41.7 Å². The largest absolute Gasteiger partial charge is 0.480 e. The topological polar surface area (TPSA) is 52.6 Å². The Morgan fingerprint density at radius 1 is 1.37 bits per heavy atom. The van der Waals surface area contributed by atoms with Gasteiger partial charge < -0.3 is 15.3 Å². The average molecular weight is 266 g/mol. The number of nitrogens with one attached hydrogen (secondary N) is 1. The van der Waals surface area contributed by atoms with Crippen LogP contribution in [0.2, 0.25) is 0 Å². The number of likely N-dealkylation sites (tertiary alicyclic amines) is 1. The van der Waals surface area contributed by atoms with Crippen LogP contribution in [0, 0.1) is 12.7 Å². The Balaban J connectivity index is 2.24. The molecular weight excluding hydrogens is 247 g/mol. The maximum atomic E-state index is 13.4. The Labute approximate surface area is 112 Å². The van der Waals surface area contributed by atoms with Gasteiger partial charge in [0.25, 0.3) is 0 Å². The maximum Gasteiger partial charge on any atom is 0.329 e. The first-order valence-electron chi connectivity index (χ1n) is 6.39. The molecule has 0 saturated carbocycles. The van der Waals surface area contributed by atoms with Gasteiger partial charge in [-0.3, -0.25) is 0 Å². The molecule has 0 aliphatic carbocycles. The Morgan fingerprint density at radius 2 is 2.00 bits per heavy atom. The molecule has 1 fully saturated rings. The summed E-state index contributed by atoms with van der Waals surface area (Å²) in [6.45, 7) is 3.22. The number of hydrogen-bond donors (Lipinski definition) is 2. The lowest BCUT2D eigenvalue weighted by molar-refractivity contribution is -0.143. The van der Waals surface area contributed by atoms with Crippen molar-refractivity contribution < 1.29 is 14.3 Å². The van der Waals surface area contributed by atoms with Crippen LogP contribution in [0.3, 0.4) is 0 Å². The second-order valence-electron chi connectivity index (χ2n) is 5.33. The summed E-state index contributed by atoms with van der Waals surface area (Å²) in [6.07, 6.45) is 1.02. The molecule has 2 N–H and O–H groups in total. The Morgan fingerprint density at radius 3 is 2.53 bits per heavy atom. The van der Waals surface area contributed by atoms with E-state index in [9.17, 15) is 14.3 Å². The molecule has 1 aliphatic rings. The minimum Gasteiger partial charge on any atom is -0.480 e. The van der Waals surface area contributed by atoms with Crippen molar-refractivity contribution in [2.45, 2.75) is 25.3 Å². The van der Waals surface area contributed by atoms with Crippen LogP contribution in [0.5, 0.6) is 0 Å². The molecule has 1 aliphatic heterocycles. The molecule has 0 bridgehead atoms. The van der Waals surface area contributed by atoms with Gasteiger partial charge in [-0.2, -0.15) is 0 Å². The van der Waals surface area contributed by atoms with E-state index in [1.807, 2.05) is 7.05 Å². The van der Waals surface area contributed by atoms with Crippen LogP contribution < -0.4 is 5.32 Å². The van der Waals surface area contributed by atoms with Crippen molar-refractivity contribution in [3.8, 4) is 0 Å². The lowest BCUT2D eigenvalue weighted by Crippen LogP contribution is -2.53. The Hall–Kier alpha value is -1.62. The molecule has 1 heterocycles. The van der Waals surface area contributed by atoms with Crippen LogP contribution in [0.25, 0.3) is 0 Å². The van der Waals surface area contributed by atoms with Crippen LogP contribution in [0.4, 0.5) is 10.1 Å². The van der Waals surface area contributed by atoms with Gasteiger partial charge >= 0.3 is 5.97 Å². The van der Waals surface area contributed by atoms with E-state index in [0.29, 0.717) is 31.6 Å². The highest BCUT2D eigenvalue weighted by Crippen LogP contribution is 2.28. The fourth-order valence-corrected chi connectivity index (χ4v) is 2.48. The highest BCUT2D eigenvalue weighted by molar-refractivity contribution is 5.83. The zero-order valence-electron chi connectivity index (χ0n) is 11.2. The first kappa shape index (κ1) is 13.8. The molecule has 1 aromatic rings. The summed E-state index contributed by atoms with van der Waals surface area (Å²) in [4.78, 5) is 13.7. The third-order valence-electron chi connectivity index (χ3n) is 3.68. The predicted octanol–water partition coefficient (Wildman–Crippen LogP) is 2.10. The fraction of sp³-hybridized carbons (Fsp3) is 0.500. The smallest absolute Gasteiger partial charge is 0.329 e. The van der Waals surface area contributed by atoms with E-state index < -0.39 is 11.5 Å². The number of piperidine rings is 1. The van der Waals surface area contributed by atoms with Crippen molar-refractivity contribution in [1.82, 2.24) is 4.90 Å². The summed E-state index contributed by atoms with van der Waals surface area (Å²) >= 11 is 0. The number of aliphatic carboxylic acids is 1. The molecular formula is C14H19FN2O2. The van der Waals surface area contributed by atoms with Crippen molar-refractivity contribution in [3.05, 3.63) is 29.6 Å². The van der Waals surface area contributed by atoms with E-state index in [1.165, 1.54) is 12.1 Å². The normalized spacial score (nSPS) is 19.1. The number of carboxylic acids is 1. The fourth-order valence-electron chi connectivity index (χ4n) is 2.48. The summed E-state index contributed by atoms with van der Waals surface area (Å²) in [7, 11) is 1.97. The van der Waals surface area contributed by atoms with Gasteiger partial charge in [-0.25, -0.2) is 9.18 Å². The third-order valence-corrected chi connectivity index (χ3v) is 3.68. The minimum absolute atomic E-state index is 0.351. The first-order chi connectivity index (χ1) is 8.91. The van der Waals surface area contributed by atoms with E-state index in [-0.39, 0.29) is 5.82 Å². The lowest BCUT2D eigenvalue weighted by Gasteiger charge is -2.38. The van der Waals surface area contributed by atoms with Gasteiger partial charge in [0.2, 0.25) is 0 Å². The van der Waals surface area contributed by atoms with Crippen LogP contribution >= 0.6 is 0 Å². The number of nitrogens with zero attached hydrogens (tertiary/aromatic N) is 1. The Bertz CT molecular complexity index is 462. The molecule has 1 saturated heterocycles. The van der Waals surface area contributed by atoms with Crippen molar-refractivity contribution in [2.24, 2.45) is 0 Å². The van der Waals surface area contributed by atoms with Gasteiger partial charge in [0, 0.05) is 18.8 Å². The lowest BCUT2D eigenvalue weighted by atomic mass is 9.87. The second kappa shape index (κ2) is 5.17. The minimum atomic E-state index is -0.993. The van der Waals surface area contributed by atoms with Crippen LogP contribution in [-0.2, 0) is 4.79 Å². The zero-order chi connectivity index (χ0) is 14.0. The maximum absolute atomic E-state index is 13.4. The van der Waals surface area contributed by atoms with Crippen molar-refractivity contribution >= 4 is 11.7 Å². The van der Waals surface area contributed by atoms with Gasteiger partial charge in [0.15, 0.2) is 0 Å². The highest BCUT2D eigenvalue weighted by Gasteiger charge is 2.40. The number of aryl methyl sites for hydroxylation is 1. The summed E-state index contributed by atoms with van der Waals surface area (Å²) < 4.78 is 13.4. The first-order valence-corrected chi connectivity index (χ1v) is 6.39. The molecule has 0 unspecified atom stereocenters. The van der Waals surface area contributed by atoms with Crippen LogP contribution in [0.15, 0.2) is 18.2 Å². The summed E-state index contributed by atoms with van der Waals surface area (Å²) in [5.41, 5.74) is 0.313. The number of carboxylic acid groups (broad SMARTS) is 1. The van der Waals surface area contributed by atoms with Gasteiger partial charge in [-0.05, 0) is 50.6 Å². The number of rotatable bonds is 3. The summed E-state index contributed by atoms with van der Waals surface area (Å²) in [5, 5.41) is 12.5. The number of benzene rings is 1. The van der Waals surface area contributed by atoms with E-state index in [1.54, 1.807) is 13.0 Å². The second-order valence-corrected chi connectivity index (χ2v) is 5.33. The third kappa shape index (κ3) is 3.04. The van der Waals surface area contributed by atoms with Crippen LogP contribution in [0.1, 0.15) is 18.4 Å². The number of anilines is 1. The van der Waals surface area contributed by atoms with Gasteiger partial charge in [0.05, 0.1) is 0 Å². The van der Waals surface area contributed by atoms with E-state index in [4.69, 9.17) is 0 Å².